The van der Waals surface area contributed by atoms with Crippen LogP contribution in [0.4, 0.5) is 0 Å². The number of rotatable bonds is 4. The van der Waals surface area contributed by atoms with Crippen molar-refractivity contribution >= 4 is 0 Å². The first-order chi connectivity index (χ1) is 8.63. The van der Waals surface area contributed by atoms with Gasteiger partial charge in [-0.15, -0.1) is 0 Å². The molecule has 1 saturated carbocycles. The Morgan fingerprint density at radius 3 is 2.44 bits per heavy atom. The maximum atomic E-state index is 3.69. The first kappa shape index (κ1) is 14.3. The van der Waals surface area contributed by atoms with Crippen molar-refractivity contribution in [3.63, 3.8) is 0 Å². The maximum Gasteiger partial charge on any atom is 0.0146 e. The predicted octanol–water partition coefficient (Wildman–Crippen LogP) is 3.42. The lowest BCUT2D eigenvalue weighted by atomic mass is 9.72. The molecule has 0 aromatic rings. The van der Waals surface area contributed by atoms with Gasteiger partial charge in [0.05, 0.1) is 0 Å². The van der Waals surface area contributed by atoms with Crippen LogP contribution < -0.4 is 5.32 Å². The summed E-state index contributed by atoms with van der Waals surface area (Å²) in [6, 6.07) is 1.63. The van der Waals surface area contributed by atoms with Gasteiger partial charge < -0.3 is 5.32 Å². The number of nitrogens with zero attached hydrogens (tertiary/aromatic N) is 1. The molecule has 2 heteroatoms. The van der Waals surface area contributed by atoms with E-state index in [1.165, 1.54) is 64.6 Å². The molecule has 1 heterocycles. The molecule has 0 aromatic heterocycles. The number of piperidine rings is 1. The van der Waals surface area contributed by atoms with E-state index >= 15 is 0 Å². The monoisotopic (exact) mass is 252 g/mol. The Morgan fingerprint density at radius 1 is 1.11 bits per heavy atom. The minimum absolute atomic E-state index is 0.544. The third-order valence-electron chi connectivity index (χ3n) is 5.10. The second kappa shape index (κ2) is 6.38. The summed E-state index contributed by atoms with van der Waals surface area (Å²) in [6.45, 7) is 11.0. The van der Waals surface area contributed by atoms with Gasteiger partial charge in [0.2, 0.25) is 0 Å². The van der Waals surface area contributed by atoms with Crippen LogP contribution in [0.15, 0.2) is 0 Å². The molecule has 0 radical (unpaired) electrons. The molecule has 18 heavy (non-hydrogen) atoms. The third-order valence-corrected chi connectivity index (χ3v) is 5.10. The van der Waals surface area contributed by atoms with Crippen LogP contribution >= 0.6 is 0 Å². The first-order valence-corrected chi connectivity index (χ1v) is 8.11. The van der Waals surface area contributed by atoms with Gasteiger partial charge in [-0.05, 0) is 57.2 Å². The summed E-state index contributed by atoms with van der Waals surface area (Å²) in [5.41, 5.74) is 0.544. The van der Waals surface area contributed by atoms with Crippen LogP contribution in [0.5, 0.6) is 0 Å². The second-order valence-electron chi connectivity index (χ2n) is 7.01. The lowest BCUT2D eigenvalue weighted by Crippen LogP contribution is -2.52. The SMILES string of the molecule is CCCNC1CCN(C2CCCCC2(C)C)CC1. The zero-order valence-electron chi connectivity index (χ0n) is 12.7. The normalized spacial score (nSPS) is 30.5. The van der Waals surface area contributed by atoms with Gasteiger partial charge in [-0.3, -0.25) is 4.90 Å². The first-order valence-electron chi connectivity index (χ1n) is 8.11. The van der Waals surface area contributed by atoms with Gasteiger partial charge in [0.1, 0.15) is 0 Å². The zero-order chi connectivity index (χ0) is 13.0. The molecule has 2 fully saturated rings. The van der Waals surface area contributed by atoms with Crippen molar-refractivity contribution in [2.24, 2.45) is 5.41 Å². The summed E-state index contributed by atoms with van der Waals surface area (Å²) in [5, 5.41) is 3.69. The Morgan fingerprint density at radius 2 is 1.83 bits per heavy atom. The lowest BCUT2D eigenvalue weighted by Gasteiger charge is -2.47. The average molecular weight is 252 g/mol. The van der Waals surface area contributed by atoms with Crippen LogP contribution in [0.1, 0.15) is 65.7 Å². The summed E-state index contributed by atoms with van der Waals surface area (Å²) in [4.78, 5) is 2.79. The highest BCUT2D eigenvalue weighted by Crippen LogP contribution is 2.39. The van der Waals surface area contributed by atoms with Crippen molar-refractivity contribution in [1.29, 1.82) is 0 Å². The average Bonchev–Trinajstić information content (AvgIpc) is 2.37. The van der Waals surface area contributed by atoms with E-state index in [1.54, 1.807) is 0 Å². The molecule has 2 nitrogen and oxygen atoms in total. The highest BCUT2D eigenvalue weighted by Gasteiger charge is 2.37. The smallest absolute Gasteiger partial charge is 0.0146 e. The van der Waals surface area contributed by atoms with Crippen molar-refractivity contribution in [3.8, 4) is 0 Å². The third kappa shape index (κ3) is 3.48. The predicted molar refractivity (Wildman–Crippen MR) is 78.9 cm³/mol. The molecule has 106 valence electrons. The Kier molecular flexibility index (Phi) is 5.08. The molecule has 1 aliphatic carbocycles. The van der Waals surface area contributed by atoms with E-state index in [0.29, 0.717) is 5.41 Å². The summed E-state index contributed by atoms with van der Waals surface area (Å²) < 4.78 is 0. The van der Waals surface area contributed by atoms with E-state index in [4.69, 9.17) is 0 Å². The Bertz CT molecular complexity index is 241. The van der Waals surface area contributed by atoms with Crippen LogP contribution in [-0.4, -0.2) is 36.6 Å². The molecule has 1 atom stereocenters. The summed E-state index contributed by atoms with van der Waals surface area (Å²) in [5.74, 6) is 0. The van der Waals surface area contributed by atoms with Crippen molar-refractivity contribution in [3.05, 3.63) is 0 Å². The van der Waals surface area contributed by atoms with Gasteiger partial charge in [-0.2, -0.15) is 0 Å². The van der Waals surface area contributed by atoms with Crippen molar-refractivity contribution < 1.29 is 0 Å². The van der Waals surface area contributed by atoms with E-state index in [0.717, 1.165) is 12.1 Å². The molecule has 2 aliphatic rings. The molecule has 0 spiro atoms. The zero-order valence-corrected chi connectivity index (χ0v) is 12.7. The van der Waals surface area contributed by atoms with Crippen LogP contribution in [0, 0.1) is 5.41 Å². The number of likely N-dealkylation sites (tertiary alicyclic amines) is 1. The minimum Gasteiger partial charge on any atom is -0.314 e. The summed E-state index contributed by atoms with van der Waals surface area (Å²) >= 11 is 0. The molecular formula is C16H32N2. The molecule has 0 bridgehead atoms. The van der Waals surface area contributed by atoms with Gasteiger partial charge in [0, 0.05) is 12.1 Å². The largest absolute Gasteiger partial charge is 0.314 e. The van der Waals surface area contributed by atoms with Crippen LogP contribution in [0.2, 0.25) is 0 Å². The van der Waals surface area contributed by atoms with E-state index in [-0.39, 0.29) is 0 Å². The van der Waals surface area contributed by atoms with Crippen LogP contribution in [0.25, 0.3) is 0 Å². The lowest BCUT2D eigenvalue weighted by molar-refractivity contribution is 0.0298. The van der Waals surface area contributed by atoms with Crippen molar-refractivity contribution in [1.82, 2.24) is 10.2 Å². The molecule has 1 unspecified atom stereocenters. The molecule has 1 aliphatic heterocycles. The Hall–Kier alpha value is -0.0800. The van der Waals surface area contributed by atoms with Gasteiger partial charge in [0.15, 0.2) is 0 Å². The van der Waals surface area contributed by atoms with Gasteiger partial charge in [-0.25, -0.2) is 0 Å². The molecule has 0 amide bonds. The topological polar surface area (TPSA) is 15.3 Å². The number of nitrogens with one attached hydrogen (secondary N) is 1. The number of hydrogen-bond donors (Lipinski definition) is 1. The highest BCUT2D eigenvalue weighted by molar-refractivity contribution is 4.92. The Balaban J connectivity index is 1.81. The van der Waals surface area contributed by atoms with Gasteiger partial charge >= 0.3 is 0 Å². The second-order valence-corrected chi connectivity index (χ2v) is 7.01. The molecule has 1 saturated heterocycles. The fraction of sp³-hybridized carbons (Fsp3) is 1.00. The quantitative estimate of drug-likeness (QED) is 0.825. The van der Waals surface area contributed by atoms with E-state index in [1.807, 2.05) is 0 Å². The standard InChI is InChI=1S/C16H32N2/c1-4-11-17-14-8-12-18(13-9-14)15-7-5-6-10-16(15,2)3/h14-15,17H,4-13H2,1-3H3. The molecule has 2 rings (SSSR count). The van der Waals surface area contributed by atoms with Crippen molar-refractivity contribution in [2.45, 2.75) is 77.8 Å². The fourth-order valence-electron chi connectivity index (χ4n) is 3.92. The Labute approximate surface area is 114 Å². The summed E-state index contributed by atoms with van der Waals surface area (Å²) in [6.07, 6.45) is 9.71. The summed E-state index contributed by atoms with van der Waals surface area (Å²) in [7, 11) is 0. The van der Waals surface area contributed by atoms with Gasteiger partial charge in [-0.1, -0.05) is 33.6 Å². The highest BCUT2D eigenvalue weighted by atomic mass is 15.2. The van der Waals surface area contributed by atoms with Crippen LogP contribution in [0.3, 0.4) is 0 Å². The van der Waals surface area contributed by atoms with Crippen LogP contribution in [-0.2, 0) is 0 Å². The van der Waals surface area contributed by atoms with E-state index < -0.39 is 0 Å². The molecule has 1 N–H and O–H groups in total. The maximum absolute atomic E-state index is 3.69. The van der Waals surface area contributed by atoms with Gasteiger partial charge in [0.25, 0.3) is 0 Å². The minimum atomic E-state index is 0.544. The molecule has 0 aromatic carbocycles. The molecular weight excluding hydrogens is 220 g/mol. The fourth-order valence-corrected chi connectivity index (χ4v) is 3.92. The van der Waals surface area contributed by atoms with E-state index in [9.17, 15) is 0 Å². The van der Waals surface area contributed by atoms with E-state index in [2.05, 4.69) is 31.0 Å². The number of hydrogen-bond acceptors (Lipinski definition) is 2. The van der Waals surface area contributed by atoms with Crippen molar-refractivity contribution in [2.75, 3.05) is 19.6 Å².